The van der Waals surface area contributed by atoms with E-state index in [1.54, 1.807) is 0 Å². The second-order valence-corrected chi connectivity index (χ2v) is 7.94. The lowest BCUT2D eigenvalue weighted by Gasteiger charge is -2.33. The third-order valence-corrected chi connectivity index (χ3v) is 5.83. The Labute approximate surface area is 152 Å². The Morgan fingerprint density at radius 2 is 2.00 bits per heavy atom. The van der Waals surface area contributed by atoms with Crippen LogP contribution < -0.4 is 0 Å². The molecule has 0 N–H and O–H groups in total. The van der Waals surface area contributed by atoms with E-state index in [1.807, 2.05) is 27.8 Å². The van der Waals surface area contributed by atoms with Gasteiger partial charge in [0.2, 0.25) is 11.1 Å². The van der Waals surface area contributed by atoms with Crippen molar-refractivity contribution in [2.24, 2.45) is 0 Å². The highest BCUT2D eigenvalue weighted by Crippen LogP contribution is 2.40. The van der Waals surface area contributed by atoms with Crippen molar-refractivity contribution in [3.63, 3.8) is 0 Å². The minimum atomic E-state index is 0.209. The van der Waals surface area contributed by atoms with Crippen molar-refractivity contribution >= 4 is 17.7 Å². The molecule has 0 spiro atoms. The molecule has 0 unspecified atom stereocenters. The first-order valence-electron chi connectivity index (χ1n) is 9.17. The maximum Gasteiger partial charge on any atom is 0.233 e. The molecule has 25 heavy (non-hydrogen) atoms. The minimum Gasteiger partial charge on any atom is -0.339 e. The van der Waals surface area contributed by atoms with Crippen molar-refractivity contribution < 1.29 is 4.79 Å². The van der Waals surface area contributed by atoms with Gasteiger partial charge in [-0.3, -0.25) is 4.79 Å². The number of para-hydroxylation sites is 1. The van der Waals surface area contributed by atoms with Crippen molar-refractivity contribution in [1.82, 2.24) is 19.7 Å². The smallest absolute Gasteiger partial charge is 0.233 e. The van der Waals surface area contributed by atoms with E-state index in [0.717, 1.165) is 30.9 Å². The largest absolute Gasteiger partial charge is 0.339 e. The first-order chi connectivity index (χ1) is 12.2. The number of piperidine rings is 1. The lowest BCUT2D eigenvalue weighted by molar-refractivity contribution is -0.131. The zero-order valence-corrected chi connectivity index (χ0v) is 15.4. The molecule has 1 aromatic carbocycles. The van der Waals surface area contributed by atoms with Gasteiger partial charge in [-0.1, -0.05) is 30.0 Å². The summed E-state index contributed by atoms with van der Waals surface area (Å²) in [5.41, 5.74) is 1.04. The Hall–Kier alpha value is -1.82. The summed E-state index contributed by atoms with van der Waals surface area (Å²) in [5, 5.41) is 5.39. The van der Waals surface area contributed by atoms with Crippen LogP contribution in [0.5, 0.6) is 0 Å². The van der Waals surface area contributed by atoms with E-state index >= 15 is 0 Å². The lowest BCUT2D eigenvalue weighted by atomic mass is 10.0. The molecule has 1 aliphatic heterocycles. The molecular weight excluding hydrogens is 332 g/mol. The average molecular weight is 356 g/mol. The molecule has 2 aliphatic rings. The molecule has 1 aromatic heterocycles. The zero-order chi connectivity index (χ0) is 17.2. The lowest BCUT2D eigenvalue weighted by Crippen LogP contribution is -2.42. The minimum absolute atomic E-state index is 0.209. The molecule has 0 radical (unpaired) electrons. The van der Waals surface area contributed by atoms with Crippen molar-refractivity contribution in [2.75, 3.05) is 12.3 Å². The predicted octanol–water partition coefficient (Wildman–Crippen LogP) is 3.64. The third-order valence-electron chi connectivity index (χ3n) is 5.00. The van der Waals surface area contributed by atoms with Gasteiger partial charge in [-0.25, -0.2) is 9.67 Å². The zero-order valence-electron chi connectivity index (χ0n) is 14.6. The molecule has 132 valence electrons. The summed E-state index contributed by atoms with van der Waals surface area (Å²) in [6, 6.07) is 10.5. The van der Waals surface area contributed by atoms with Crippen LogP contribution in [0.2, 0.25) is 0 Å². The van der Waals surface area contributed by atoms with Gasteiger partial charge in [0.05, 0.1) is 11.4 Å². The molecule has 4 rings (SSSR count). The molecular formula is C19H24N4OS. The number of hydrogen-bond donors (Lipinski definition) is 0. The summed E-state index contributed by atoms with van der Waals surface area (Å²) in [6.45, 7) is 3.04. The highest BCUT2D eigenvalue weighted by atomic mass is 32.2. The Bertz CT molecular complexity index is 741. The summed E-state index contributed by atoms with van der Waals surface area (Å²) in [7, 11) is 0. The Morgan fingerprint density at radius 1 is 1.20 bits per heavy atom. The molecule has 5 nitrogen and oxygen atoms in total. The maximum atomic E-state index is 12.5. The standard InChI is InChI=1S/C19H24N4OS/c1-14-7-5-6-12-22(14)17(24)13-25-19-20-18(15-10-11-15)23(21-19)16-8-3-2-4-9-16/h2-4,8-9,14-15H,5-7,10-13H2,1H3/t14-/m0/s1. The van der Waals surface area contributed by atoms with Crippen LogP contribution in [0.3, 0.4) is 0 Å². The van der Waals surface area contributed by atoms with Gasteiger partial charge in [-0.15, -0.1) is 5.10 Å². The summed E-state index contributed by atoms with van der Waals surface area (Å²) in [5.74, 6) is 2.18. The second kappa shape index (κ2) is 7.20. The molecule has 0 bridgehead atoms. The summed E-state index contributed by atoms with van der Waals surface area (Å²) >= 11 is 1.46. The van der Waals surface area contributed by atoms with E-state index in [0.29, 0.717) is 22.9 Å². The number of carbonyl (C=O) groups excluding carboxylic acids is 1. The van der Waals surface area contributed by atoms with Crippen LogP contribution in [0.1, 0.15) is 50.8 Å². The third kappa shape index (κ3) is 3.73. The number of likely N-dealkylation sites (tertiary alicyclic amines) is 1. The molecule has 2 heterocycles. The SMILES string of the molecule is C[C@H]1CCCCN1C(=O)CSc1nc(C2CC2)n(-c2ccccc2)n1. The molecule has 1 atom stereocenters. The van der Waals surface area contributed by atoms with Crippen molar-refractivity contribution in [3.8, 4) is 5.69 Å². The van der Waals surface area contributed by atoms with E-state index in [4.69, 9.17) is 4.98 Å². The van der Waals surface area contributed by atoms with Gasteiger partial charge in [0.1, 0.15) is 5.82 Å². The van der Waals surface area contributed by atoms with Crippen molar-refractivity contribution in [2.45, 2.75) is 56.1 Å². The monoisotopic (exact) mass is 356 g/mol. The summed E-state index contributed by atoms with van der Waals surface area (Å²) in [6.07, 6.45) is 5.82. The predicted molar refractivity (Wildman–Crippen MR) is 99.1 cm³/mol. The van der Waals surface area contributed by atoms with Crippen LogP contribution in [-0.4, -0.2) is 43.9 Å². The van der Waals surface area contributed by atoms with E-state index in [-0.39, 0.29) is 5.91 Å². The molecule has 1 saturated heterocycles. The topological polar surface area (TPSA) is 51.0 Å². The molecule has 1 aliphatic carbocycles. The number of thioether (sulfide) groups is 1. The quantitative estimate of drug-likeness (QED) is 0.768. The molecule has 2 aromatic rings. The van der Waals surface area contributed by atoms with Crippen LogP contribution in [0.15, 0.2) is 35.5 Å². The fourth-order valence-corrected chi connectivity index (χ4v) is 4.12. The van der Waals surface area contributed by atoms with Crippen LogP contribution in [0.25, 0.3) is 5.69 Å². The first-order valence-corrected chi connectivity index (χ1v) is 10.2. The summed E-state index contributed by atoms with van der Waals surface area (Å²) < 4.78 is 1.95. The fourth-order valence-electron chi connectivity index (χ4n) is 3.41. The summed E-state index contributed by atoms with van der Waals surface area (Å²) in [4.78, 5) is 19.3. The molecule has 1 saturated carbocycles. The first kappa shape index (κ1) is 16.6. The Kier molecular flexibility index (Phi) is 4.79. The van der Waals surface area contributed by atoms with Gasteiger partial charge in [-0.2, -0.15) is 0 Å². The van der Waals surface area contributed by atoms with Crippen molar-refractivity contribution in [3.05, 3.63) is 36.2 Å². The number of aromatic nitrogens is 3. The number of benzene rings is 1. The van der Waals surface area contributed by atoms with E-state index in [1.165, 1.54) is 31.0 Å². The molecule has 2 fully saturated rings. The van der Waals surface area contributed by atoms with E-state index < -0.39 is 0 Å². The second-order valence-electron chi connectivity index (χ2n) is 6.99. The van der Waals surface area contributed by atoms with Crippen LogP contribution >= 0.6 is 11.8 Å². The highest BCUT2D eigenvalue weighted by Gasteiger charge is 2.31. The molecule has 6 heteroatoms. The highest BCUT2D eigenvalue weighted by molar-refractivity contribution is 7.99. The van der Waals surface area contributed by atoms with E-state index in [9.17, 15) is 4.79 Å². The van der Waals surface area contributed by atoms with Crippen LogP contribution in [-0.2, 0) is 4.79 Å². The number of rotatable bonds is 5. The Morgan fingerprint density at radius 3 is 2.72 bits per heavy atom. The number of hydrogen-bond acceptors (Lipinski definition) is 4. The van der Waals surface area contributed by atoms with E-state index in [2.05, 4.69) is 24.2 Å². The van der Waals surface area contributed by atoms with Gasteiger partial charge in [0, 0.05) is 18.5 Å². The Balaban J connectivity index is 1.47. The number of nitrogens with zero attached hydrogens (tertiary/aromatic N) is 4. The number of carbonyl (C=O) groups is 1. The van der Waals surface area contributed by atoms with Gasteiger partial charge >= 0.3 is 0 Å². The average Bonchev–Trinajstić information content (AvgIpc) is 3.40. The van der Waals surface area contributed by atoms with Gasteiger partial charge in [0.15, 0.2) is 0 Å². The van der Waals surface area contributed by atoms with Crippen LogP contribution in [0, 0.1) is 0 Å². The fraction of sp³-hybridized carbons (Fsp3) is 0.526. The van der Waals surface area contributed by atoms with Gasteiger partial charge in [0.25, 0.3) is 0 Å². The molecule has 1 amide bonds. The maximum absolute atomic E-state index is 12.5. The van der Waals surface area contributed by atoms with Crippen LogP contribution in [0.4, 0.5) is 0 Å². The van der Waals surface area contributed by atoms with Gasteiger partial charge < -0.3 is 4.90 Å². The number of amides is 1. The normalized spacial score (nSPS) is 20.7. The van der Waals surface area contributed by atoms with Gasteiger partial charge in [-0.05, 0) is 51.2 Å². The van der Waals surface area contributed by atoms with Crippen molar-refractivity contribution in [1.29, 1.82) is 0 Å².